The van der Waals surface area contributed by atoms with Crippen LogP contribution in [0.15, 0.2) is 30.7 Å². The Morgan fingerprint density at radius 2 is 2.26 bits per heavy atom. The van der Waals surface area contributed by atoms with Gasteiger partial charge in [-0.05, 0) is 24.1 Å². The molecule has 0 amide bonds. The van der Waals surface area contributed by atoms with Gasteiger partial charge in [-0.15, -0.1) is 0 Å². The lowest BCUT2D eigenvalue weighted by molar-refractivity contribution is -0.384. The van der Waals surface area contributed by atoms with Crippen molar-refractivity contribution in [2.24, 2.45) is 0 Å². The van der Waals surface area contributed by atoms with E-state index in [2.05, 4.69) is 15.3 Å². The van der Waals surface area contributed by atoms with Crippen LogP contribution in [0.3, 0.4) is 0 Å². The molecule has 6 nitrogen and oxygen atoms in total. The minimum Gasteiger partial charge on any atom is -0.360 e. The van der Waals surface area contributed by atoms with E-state index in [1.165, 1.54) is 12.3 Å². The SMILES string of the molecule is Cc1cnccc1CNc1ncc(Cl)cc1[N+](=O)[O-]. The average molecular weight is 279 g/mol. The average Bonchev–Trinajstić information content (AvgIpc) is 2.38. The van der Waals surface area contributed by atoms with Gasteiger partial charge in [-0.2, -0.15) is 0 Å². The standard InChI is InChI=1S/C12H11ClN4O2/c1-8-5-14-3-2-9(8)6-15-12-11(17(18)19)4-10(13)7-16-12/h2-5,7H,6H2,1H3,(H,15,16). The zero-order chi connectivity index (χ0) is 13.8. The summed E-state index contributed by atoms with van der Waals surface area (Å²) in [5.41, 5.74) is 1.87. The molecule has 0 radical (unpaired) electrons. The Morgan fingerprint density at radius 3 is 2.95 bits per heavy atom. The summed E-state index contributed by atoms with van der Waals surface area (Å²) >= 11 is 5.70. The van der Waals surface area contributed by atoms with E-state index < -0.39 is 4.92 Å². The van der Waals surface area contributed by atoms with E-state index in [0.717, 1.165) is 11.1 Å². The molecule has 1 N–H and O–H groups in total. The molecule has 0 aliphatic carbocycles. The fourth-order valence-corrected chi connectivity index (χ4v) is 1.74. The number of anilines is 1. The number of hydrogen-bond donors (Lipinski definition) is 1. The summed E-state index contributed by atoms with van der Waals surface area (Å²) in [7, 11) is 0. The van der Waals surface area contributed by atoms with Crippen LogP contribution in [0.2, 0.25) is 5.02 Å². The fraction of sp³-hybridized carbons (Fsp3) is 0.167. The lowest BCUT2D eigenvalue weighted by atomic mass is 10.1. The quantitative estimate of drug-likeness (QED) is 0.687. The summed E-state index contributed by atoms with van der Waals surface area (Å²) in [5, 5.41) is 14.1. The minimum atomic E-state index is -0.513. The van der Waals surface area contributed by atoms with E-state index in [9.17, 15) is 10.1 Å². The number of nitro groups is 1. The monoisotopic (exact) mass is 278 g/mol. The summed E-state index contributed by atoms with van der Waals surface area (Å²) < 4.78 is 0. The molecule has 2 aromatic rings. The first-order valence-corrected chi connectivity index (χ1v) is 5.89. The van der Waals surface area contributed by atoms with Gasteiger partial charge in [0, 0.05) is 31.2 Å². The zero-order valence-electron chi connectivity index (χ0n) is 10.1. The summed E-state index contributed by atoms with van der Waals surface area (Å²) in [6.07, 6.45) is 4.78. The van der Waals surface area contributed by atoms with E-state index in [1.807, 2.05) is 13.0 Å². The highest BCUT2D eigenvalue weighted by molar-refractivity contribution is 6.30. The van der Waals surface area contributed by atoms with E-state index in [0.29, 0.717) is 6.54 Å². The van der Waals surface area contributed by atoms with Crippen LogP contribution >= 0.6 is 11.6 Å². The third-order valence-electron chi connectivity index (χ3n) is 2.61. The van der Waals surface area contributed by atoms with Gasteiger partial charge in [-0.25, -0.2) is 4.98 Å². The molecule has 0 aromatic carbocycles. The molecule has 0 saturated heterocycles. The van der Waals surface area contributed by atoms with E-state index >= 15 is 0 Å². The largest absolute Gasteiger partial charge is 0.360 e. The first-order chi connectivity index (χ1) is 9.08. The topological polar surface area (TPSA) is 81.0 Å². The second kappa shape index (κ2) is 5.62. The summed E-state index contributed by atoms with van der Waals surface area (Å²) in [5.74, 6) is 0.200. The van der Waals surface area contributed by atoms with Crippen LogP contribution in [0.5, 0.6) is 0 Å². The summed E-state index contributed by atoms with van der Waals surface area (Å²) in [4.78, 5) is 18.3. The van der Waals surface area contributed by atoms with Gasteiger partial charge in [-0.1, -0.05) is 11.6 Å². The lowest BCUT2D eigenvalue weighted by Gasteiger charge is -2.08. The maximum absolute atomic E-state index is 10.9. The van der Waals surface area contributed by atoms with Gasteiger partial charge in [0.1, 0.15) is 0 Å². The number of pyridine rings is 2. The molecule has 2 heterocycles. The molecule has 0 fully saturated rings. The fourth-order valence-electron chi connectivity index (χ4n) is 1.58. The van der Waals surface area contributed by atoms with Gasteiger partial charge in [0.25, 0.3) is 0 Å². The lowest BCUT2D eigenvalue weighted by Crippen LogP contribution is -2.05. The Labute approximate surface area is 114 Å². The van der Waals surface area contributed by atoms with Gasteiger partial charge in [0.2, 0.25) is 5.82 Å². The molecular weight excluding hydrogens is 268 g/mol. The molecule has 0 atom stereocenters. The van der Waals surface area contributed by atoms with Crippen LogP contribution in [0.4, 0.5) is 11.5 Å². The molecule has 0 aliphatic rings. The van der Waals surface area contributed by atoms with Crippen molar-refractivity contribution in [2.45, 2.75) is 13.5 Å². The van der Waals surface area contributed by atoms with E-state index in [4.69, 9.17) is 11.6 Å². The van der Waals surface area contributed by atoms with Crippen molar-refractivity contribution in [3.63, 3.8) is 0 Å². The molecule has 19 heavy (non-hydrogen) atoms. The molecule has 0 spiro atoms. The van der Waals surface area contributed by atoms with Gasteiger partial charge >= 0.3 is 5.69 Å². The minimum absolute atomic E-state index is 0.140. The van der Waals surface area contributed by atoms with Crippen molar-refractivity contribution in [3.8, 4) is 0 Å². The van der Waals surface area contributed by atoms with Gasteiger partial charge < -0.3 is 5.32 Å². The predicted octanol–water partition coefficient (Wildman–Crippen LogP) is 2.96. The van der Waals surface area contributed by atoms with Crippen LogP contribution in [0.25, 0.3) is 0 Å². The molecule has 0 aliphatic heterocycles. The van der Waals surface area contributed by atoms with Gasteiger partial charge in [-0.3, -0.25) is 15.1 Å². The Bertz CT molecular complexity index is 618. The second-order valence-corrected chi connectivity index (χ2v) is 4.37. The molecular formula is C12H11ClN4O2. The van der Waals surface area contributed by atoms with Gasteiger partial charge in [0.05, 0.1) is 9.95 Å². The van der Waals surface area contributed by atoms with Crippen molar-refractivity contribution in [2.75, 3.05) is 5.32 Å². The van der Waals surface area contributed by atoms with Crippen LogP contribution in [0, 0.1) is 17.0 Å². The van der Waals surface area contributed by atoms with Crippen molar-refractivity contribution < 1.29 is 4.92 Å². The first kappa shape index (κ1) is 13.2. The number of nitrogens with zero attached hydrogens (tertiary/aromatic N) is 3. The van der Waals surface area contributed by atoms with Crippen LogP contribution in [0.1, 0.15) is 11.1 Å². The Morgan fingerprint density at radius 1 is 1.47 bits per heavy atom. The number of aromatic nitrogens is 2. The Balaban J connectivity index is 2.20. The number of rotatable bonds is 4. The highest BCUT2D eigenvalue weighted by Crippen LogP contribution is 2.25. The number of hydrogen-bond acceptors (Lipinski definition) is 5. The van der Waals surface area contributed by atoms with E-state index in [-0.39, 0.29) is 16.5 Å². The third-order valence-corrected chi connectivity index (χ3v) is 2.82. The Hall–Kier alpha value is -2.21. The predicted molar refractivity (Wildman–Crippen MR) is 72.2 cm³/mol. The molecule has 2 aromatic heterocycles. The molecule has 7 heteroatoms. The number of aryl methyl sites for hydroxylation is 1. The molecule has 0 unspecified atom stereocenters. The second-order valence-electron chi connectivity index (χ2n) is 3.93. The molecule has 0 saturated carbocycles. The summed E-state index contributed by atoms with van der Waals surface area (Å²) in [6.45, 7) is 2.36. The zero-order valence-corrected chi connectivity index (χ0v) is 10.9. The molecule has 98 valence electrons. The maximum atomic E-state index is 10.9. The van der Waals surface area contributed by atoms with Crippen LogP contribution in [-0.4, -0.2) is 14.9 Å². The smallest absolute Gasteiger partial charge is 0.312 e. The molecule has 0 bridgehead atoms. The maximum Gasteiger partial charge on any atom is 0.312 e. The number of halogens is 1. The highest BCUT2D eigenvalue weighted by atomic mass is 35.5. The number of nitrogens with one attached hydrogen (secondary N) is 1. The Kier molecular flexibility index (Phi) is 3.91. The normalized spacial score (nSPS) is 10.2. The van der Waals surface area contributed by atoms with Crippen molar-refractivity contribution in [3.05, 3.63) is 57.0 Å². The summed E-state index contributed by atoms with van der Waals surface area (Å²) in [6, 6.07) is 3.13. The van der Waals surface area contributed by atoms with Crippen molar-refractivity contribution in [1.29, 1.82) is 0 Å². The van der Waals surface area contributed by atoms with E-state index in [1.54, 1.807) is 12.4 Å². The molecule has 2 rings (SSSR count). The highest BCUT2D eigenvalue weighted by Gasteiger charge is 2.15. The first-order valence-electron chi connectivity index (χ1n) is 5.51. The third kappa shape index (κ3) is 3.17. The van der Waals surface area contributed by atoms with Crippen LogP contribution < -0.4 is 5.32 Å². The van der Waals surface area contributed by atoms with Crippen molar-refractivity contribution in [1.82, 2.24) is 9.97 Å². The van der Waals surface area contributed by atoms with Gasteiger partial charge in [0.15, 0.2) is 0 Å². The van der Waals surface area contributed by atoms with Crippen molar-refractivity contribution >= 4 is 23.1 Å². The van der Waals surface area contributed by atoms with Crippen LogP contribution in [-0.2, 0) is 6.54 Å².